The number of rotatable bonds is 5. The van der Waals surface area contributed by atoms with Gasteiger partial charge in [-0.2, -0.15) is 0 Å². The first-order valence-corrected chi connectivity index (χ1v) is 6.54. The fraction of sp³-hybridized carbons (Fsp3) is 0.176. The number of carboxylic acid groups (broad SMARTS) is 1. The van der Waals surface area contributed by atoms with Crippen molar-refractivity contribution in [2.24, 2.45) is 0 Å². The summed E-state index contributed by atoms with van der Waals surface area (Å²) in [6.45, 7) is 0.827. The Labute approximate surface area is 122 Å². The van der Waals surface area contributed by atoms with Gasteiger partial charge in [-0.05, 0) is 12.5 Å². The summed E-state index contributed by atoms with van der Waals surface area (Å²) in [6, 6.07) is 15.1. The maximum atomic E-state index is 12.6. The number of benzene rings is 2. The van der Waals surface area contributed by atoms with Crippen molar-refractivity contribution in [3.63, 3.8) is 0 Å². The van der Waals surface area contributed by atoms with E-state index in [4.69, 9.17) is 0 Å². The van der Waals surface area contributed by atoms with E-state index in [-0.39, 0.29) is 5.78 Å². The van der Waals surface area contributed by atoms with Crippen molar-refractivity contribution in [3.05, 3.63) is 71.3 Å². The predicted molar refractivity (Wildman–Crippen MR) is 78.4 cm³/mol. The van der Waals surface area contributed by atoms with Crippen LogP contribution in [0.25, 0.3) is 0 Å². The molecule has 2 aromatic rings. The lowest BCUT2D eigenvalue weighted by atomic mass is 9.79. The van der Waals surface area contributed by atoms with Gasteiger partial charge in [-0.15, -0.1) is 0 Å². The third-order valence-corrected chi connectivity index (χ3v) is 3.59. The summed E-state index contributed by atoms with van der Waals surface area (Å²) in [7, 11) is 0. The van der Waals surface area contributed by atoms with Gasteiger partial charge >= 0.3 is 5.97 Å². The minimum Gasteiger partial charge on any atom is -0.481 e. The molecule has 0 aliphatic rings. The van der Waals surface area contributed by atoms with E-state index in [9.17, 15) is 19.8 Å². The highest BCUT2D eigenvalue weighted by Crippen LogP contribution is 2.28. The van der Waals surface area contributed by atoms with E-state index < -0.39 is 18.0 Å². The first kappa shape index (κ1) is 14.9. The summed E-state index contributed by atoms with van der Waals surface area (Å²) in [5, 5.41) is 18.9. The Morgan fingerprint density at radius 2 is 1.57 bits per heavy atom. The SMILES string of the molecule is CC(CO)(C(=O)O)c1ccccc1C(=O)c1ccccc1. The lowest BCUT2D eigenvalue weighted by Crippen LogP contribution is -2.37. The van der Waals surface area contributed by atoms with Gasteiger partial charge in [0, 0.05) is 11.1 Å². The van der Waals surface area contributed by atoms with Gasteiger partial charge in [0.15, 0.2) is 5.78 Å². The van der Waals surface area contributed by atoms with Gasteiger partial charge in [0.05, 0.1) is 6.61 Å². The van der Waals surface area contributed by atoms with Crippen molar-refractivity contribution < 1.29 is 19.8 Å². The lowest BCUT2D eigenvalue weighted by molar-refractivity contribution is -0.144. The van der Waals surface area contributed by atoms with Crippen molar-refractivity contribution in [3.8, 4) is 0 Å². The maximum Gasteiger partial charge on any atom is 0.316 e. The van der Waals surface area contributed by atoms with Gasteiger partial charge in [0.2, 0.25) is 0 Å². The summed E-state index contributed by atoms with van der Waals surface area (Å²) in [5.74, 6) is -1.43. The average molecular weight is 284 g/mol. The summed E-state index contributed by atoms with van der Waals surface area (Å²) >= 11 is 0. The zero-order chi connectivity index (χ0) is 15.5. The fourth-order valence-electron chi connectivity index (χ4n) is 2.18. The van der Waals surface area contributed by atoms with Crippen LogP contribution in [0.5, 0.6) is 0 Å². The molecule has 0 radical (unpaired) electrons. The van der Waals surface area contributed by atoms with Crippen molar-refractivity contribution in [1.29, 1.82) is 0 Å². The first-order chi connectivity index (χ1) is 10.0. The molecule has 0 aromatic heterocycles. The van der Waals surface area contributed by atoms with Crippen LogP contribution >= 0.6 is 0 Å². The number of carbonyl (C=O) groups excluding carboxylic acids is 1. The molecule has 1 atom stereocenters. The second kappa shape index (κ2) is 5.89. The van der Waals surface area contributed by atoms with Gasteiger partial charge < -0.3 is 10.2 Å². The molecule has 4 nitrogen and oxygen atoms in total. The standard InChI is InChI=1S/C17H16O4/c1-17(11-18,16(20)21)14-10-6-5-9-13(14)15(19)12-7-3-2-4-8-12/h2-10,18H,11H2,1H3,(H,20,21). The Morgan fingerprint density at radius 1 is 1.00 bits per heavy atom. The molecule has 0 amide bonds. The molecule has 21 heavy (non-hydrogen) atoms. The van der Waals surface area contributed by atoms with Gasteiger partial charge in [-0.3, -0.25) is 9.59 Å². The van der Waals surface area contributed by atoms with Gasteiger partial charge in [0.25, 0.3) is 0 Å². The monoisotopic (exact) mass is 284 g/mol. The number of hydrogen-bond acceptors (Lipinski definition) is 3. The Kier molecular flexibility index (Phi) is 4.19. The van der Waals surface area contributed by atoms with E-state index in [1.54, 1.807) is 54.6 Å². The Balaban J connectivity index is 2.57. The molecule has 0 spiro atoms. The second-order valence-corrected chi connectivity index (χ2v) is 5.04. The molecule has 0 heterocycles. The van der Waals surface area contributed by atoms with E-state index in [2.05, 4.69) is 0 Å². The van der Waals surface area contributed by atoms with E-state index >= 15 is 0 Å². The van der Waals surface area contributed by atoms with E-state index in [0.717, 1.165) is 0 Å². The topological polar surface area (TPSA) is 74.6 Å². The number of aliphatic carboxylic acids is 1. The summed E-state index contributed by atoms with van der Waals surface area (Å²) in [5.41, 5.74) is -0.423. The van der Waals surface area contributed by atoms with Crippen LogP contribution in [0.4, 0.5) is 0 Å². The highest BCUT2D eigenvalue weighted by Gasteiger charge is 2.37. The van der Waals surface area contributed by atoms with Gasteiger partial charge in [0.1, 0.15) is 5.41 Å². The van der Waals surface area contributed by atoms with Crippen molar-refractivity contribution in [2.45, 2.75) is 12.3 Å². The number of carboxylic acids is 1. The number of hydrogen-bond donors (Lipinski definition) is 2. The smallest absolute Gasteiger partial charge is 0.316 e. The van der Waals surface area contributed by atoms with Crippen molar-refractivity contribution in [2.75, 3.05) is 6.61 Å². The molecule has 0 bridgehead atoms. The Hall–Kier alpha value is -2.46. The van der Waals surface area contributed by atoms with Crippen LogP contribution in [0.15, 0.2) is 54.6 Å². The number of carbonyl (C=O) groups is 2. The molecule has 0 aliphatic heterocycles. The molecule has 108 valence electrons. The fourth-order valence-corrected chi connectivity index (χ4v) is 2.18. The van der Waals surface area contributed by atoms with Crippen LogP contribution in [-0.4, -0.2) is 28.6 Å². The van der Waals surface area contributed by atoms with Crippen molar-refractivity contribution in [1.82, 2.24) is 0 Å². The third-order valence-electron chi connectivity index (χ3n) is 3.59. The van der Waals surface area contributed by atoms with E-state index in [0.29, 0.717) is 16.7 Å². The van der Waals surface area contributed by atoms with Crippen LogP contribution < -0.4 is 0 Å². The molecule has 0 fully saturated rings. The Bertz CT molecular complexity index is 664. The molecule has 0 saturated heterocycles. The number of ketones is 1. The second-order valence-electron chi connectivity index (χ2n) is 5.04. The minimum atomic E-state index is -1.51. The highest BCUT2D eigenvalue weighted by atomic mass is 16.4. The average Bonchev–Trinajstić information content (AvgIpc) is 2.54. The Morgan fingerprint density at radius 3 is 2.14 bits per heavy atom. The predicted octanol–water partition coefficient (Wildman–Crippen LogP) is 2.25. The minimum absolute atomic E-state index is 0.257. The molecular weight excluding hydrogens is 268 g/mol. The summed E-state index contributed by atoms with van der Waals surface area (Å²) in [6.07, 6.45) is 0. The number of aliphatic hydroxyl groups is 1. The number of aliphatic hydroxyl groups excluding tert-OH is 1. The molecule has 2 N–H and O–H groups in total. The highest BCUT2D eigenvalue weighted by molar-refractivity contribution is 6.10. The third kappa shape index (κ3) is 2.71. The van der Waals surface area contributed by atoms with Gasteiger partial charge in [-0.25, -0.2) is 0 Å². The summed E-state index contributed by atoms with van der Waals surface area (Å²) < 4.78 is 0. The lowest BCUT2D eigenvalue weighted by Gasteiger charge is -2.25. The molecule has 2 rings (SSSR count). The van der Waals surface area contributed by atoms with Crippen molar-refractivity contribution >= 4 is 11.8 Å². The van der Waals surface area contributed by atoms with Crippen LogP contribution in [-0.2, 0) is 10.2 Å². The molecule has 2 aromatic carbocycles. The summed E-state index contributed by atoms with van der Waals surface area (Å²) in [4.78, 5) is 24.1. The van der Waals surface area contributed by atoms with Crippen LogP contribution in [0, 0.1) is 0 Å². The largest absolute Gasteiger partial charge is 0.481 e. The molecule has 1 unspecified atom stereocenters. The molecule has 4 heteroatoms. The van der Waals surface area contributed by atoms with Crippen LogP contribution in [0.3, 0.4) is 0 Å². The first-order valence-electron chi connectivity index (χ1n) is 6.54. The maximum absolute atomic E-state index is 12.6. The van der Waals surface area contributed by atoms with Crippen LogP contribution in [0.1, 0.15) is 28.4 Å². The zero-order valence-corrected chi connectivity index (χ0v) is 11.6. The van der Waals surface area contributed by atoms with Gasteiger partial charge in [-0.1, -0.05) is 54.6 Å². The molecule has 0 saturated carbocycles. The van der Waals surface area contributed by atoms with Crippen LogP contribution in [0.2, 0.25) is 0 Å². The molecular formula is C17H16O4. The normalized spacial score (nSPS) is 13.4. The van der Waals surface area contributed by atoms with E-state index in [1.165, 1.54) is 6.92 Å². The quantitative estimate of drug-likeness (QED) is 0.826. The molecule has 0 aliphatic carbocycles. The van der Waals surface area contributed by atoms with E-state index in [1.807, 2.05) is 0 Å². The zero-order valence-electron chi connectivity index (χ0n) is 11.6.